The first-order valence-electron chi connectivity index (χ1n) is 7.10. The molecule has 1 atom stereocenters. The molecule has 0 bridgehead atoms. The molecule has 5 nitrogen and oxygen atoms in total. The molecule has 0 amide bonds. The molecule has 0 spiro atoms. The van der Waals surface area contributed by atoms with Crippen LogP contribution in [0.4, 0.5) is 0 Å². The number of benzene rings is 1. The third kappa shape index (κ3) is 2.33. The molecule has 0 unspecified atom stereocenters. The van der Waals surface area contributed by atoms with Crippen LogP contribution in [0.15, 0.2) is 30.3 Å². The van der Waals surface area contributed by atoms with Crippen molar-refractivity contribution >= 4 is 5.78 Å². The van der Waals surface area contributed by atoms with Crippen molar-refractivity contribution in [2.75, 3.05) is 0 Å². The van der Waals surface area contributed by atoms with E-state index in [1.165, 1.54) is 0 Å². The minimum absolute atomic E-state index is 0.0149. The van der Waals surface area contributed by atoms with Gasteiger partial charge in [-0.1, -0.05) is 36.8 Å². The topological polar surface area (TPSA) is 71.6 Å². The summed E-state index contributed by atoms with van der Waals surface area (Å²) in [4.78, 5) is 12.4. The second-order valence-electron chi connectivity index (χ2n) is 5.40. The minimum atomic E-state index is -0.815. The van der Waals surface area contributed by atoms with Gasteiger partial charge in [0.25, 0.3) is 0 Å². The lowest BCUT2D eigenvalue weighted by molar-refractivity contribution is -0.125. The predicted molar refractivity (Wildman–Crippen MR) is 77.1 cm³/mol. The van der Waals surface area contributed by atoms with Gasteiger partial charge in [0.2, 0.25) is 0 Å². The van der Waals surface area contributed by atoms with E-state index in [1.54, 1.807) is 11.6 Å². The number of hydrogen-bond acceptors (Lipinski definition) is 4. The van der Waals surface area contributed by atoms with Crippen LogP contribution in [-0.2, 0) is 11.8 Å². The van der Waals surface area contributed by atoms with Crippen LogP contribution >= 0.6 is 0 Å². The summed E-state index contributed by atoms with van der Waals surface area (Å²) in [5, 5.41) is 17.6. The van der Waals surface area contributed by atoms with E-state index in [4.69, 9.17) is 0 Å². The van der Waals surface area contributed by atoms with Gasteiger partial charge in [0.1, 0.15) is 0 Å². The first kappa shape index (κ1) is 13.5. The monoisotopic (exact) mass is 280 g/mol. The van der Waals surface area contributed by atoms with E-state index in [2.05, 4.69) is 16.3 Å². The number of nitriles is 1. The quantitative estimate of drug-likeness (QED) is 0.862. The van der Waals surface area contributed by atoms with Gasteiger partial charge in [-0.2, -0.15) is 5.26 Å². The number of Topliss-reactive ketones (excluding diaryl/α,β-unsaturated/α-hetero) is 1. The summed E-state index contributed by atoms with van der Waals surface area (Å²) in [5.41, 5.74) is 0.923. The average Bonchev–Trinajstić information content (AvgIpc) is 2.81. The normalized spacial score (nSPS) is 16.0. The van der Waals surface area contributed by atoms with E-state index in [9.17, 15) is 10.1 Å². The maximum absolute atomic E-state index is 12.4. The molecule has 1 aliphatic carbocycles. The molecule has 0 saturated heterocycles. The van der Waals surface area contributed by atoms with E-state index >= 15 is 0 Å². The van der Waals surface area contributed by atoms with Gasteiger partial charge in [0.15, 0.2) is 23.3 Å². The Balaban J connectivity index is 1.94. The Hall–Kier alpha value is -2.48. The lowest BCUT2D eigenvalue weighted by Gasteiger charge is -2.25. The smallest absolute Gasteiger partial charge is 0.165 e. The Morgan fingerprint density at radius 3 is 2.62 bits per heavy atom. The molecule has 3 rings (SSSR count). The molecule has 1 fully saturated rings. The molecule has 0 N–H and O–H groups in total. The average molecular weight is 280 g/mol. The van der Waals surface area contributed by atoms with Crippen LogP contribution in [0.1, 0.15) is 31.0 Å². The maximum Gasteiger partial charge on any atom is 0.165 e. The summed E-state index contributed by atoms with van der Waals surface area (Å²) in [6, 6.07) is 11.7. The van der Waals surface area contributed by atoms with Crippen LogP contribution in [0.2, 0.25) is 0 Å². The van der Waals surface area contributed by atoms with Crippen molar-refractivity contribution in [2.45, 2.75) is 25.2 Å². The third-order valence-corrected chi connectivity index (χ3v) is 4.12. The molecular formula is C16H16N4O. The number of ketones is 1. The summed E-state index contributed by atoms with van der Waals surface area (Å²) < 4.78 is 1.75. The Labute approximate surface area is 123 Å². The van der Waals surface area contributed by atoms with Crippen LogP contribution < -0.4 is 0 Å². The number of rotatable bonds is 4. The van der Waals surface area contributed by atoms with Crippen molar-refractivity contribution in [3.8, 4) is 17.5 Å². The highest BCUT2D eigenvalue weighted by Gasteiger charge is 2.35. The number of carbonyl (C=O) groups excluding carboxylic acids is 1. The van der Waals surface area contributed by atoms with Crippen LogP contribution in [0.3, 0.4) is 0 Å². The van der Waals surface area contributed by atoms with E-state index < -0.39 is 5.92 Å². The molecule has 5 heteroatoms. The first-order chi connectivity index (χ1) is 10.2. The number of carbonyl (C=O) groups is 1. The van der Waals surface area contributed by atoms with Crippen LogP contribution in [0.5, 0.6) is 0 Å². The van der Waals surface area contributed by atoms with Gasteiger partial charge >= 0.3 is 0 Å². The SMILES string of the molecule is Cn1c(-c2ccccc2)nnc1[C@@H](C#N)C(=O)C1CCC1. The molecule has 1 saturated carbocycles. The second kappa shape index (κ2) is 5.49. The van der Waals surface area contributed by atoms with Crippen molar-refractivity contribution in [1.82, 2.24) is 14.8 Å². The molecular weight excluding hydrogens is 264 g/mol. The summed E-state index contributed by atoms with van der Waals surface area (Å²) in [6.45, 7) is 0. The highest BCUT2D eigenvalue weighted by atomic mass is 16.1. The van der Waals surface area contributed by atoms with Gasteiger partial charge in [-0.3, -0.25) is 4.79 Å². The summed E-state index contributed by atoms with van der Waals surface area (Å²) in [6.07, 6.45) is 2.85. The Morgan fingerprint density at radius 1 is 1.33 bits per heavy atom. The Bertz CT molecular complexity index is 695. The van der Waals surface area contributed by atoms with Crippen LogP contribution in [0.25, 0.3) is 11.4 Å². The fourth-order valence-corrected chi connectivity index (χ4v) is 2.61. The molecule has 2 aromatic rings. The van der Waals surface area contributed by atoms with Crippen molar-refractivity contribution < 1.29 is 4.79 Å². The lowest BCUT2D eigenvalue weighted by Crippen LogP contribution is -2.28. The largest absolute Gasteiger partial charge is 0.313 e. The third-order valence-electron chi connectivity index (χ3n) is 4.12. The lowest BCUT2D eigenvalue weighted by atomic mass is 9.78. The van der Waals surface area contributed by atoms with Crippen molar-refractivity contribution in [3.05, 3.63) is 36.2 Å². The van der Waals surface area contributed by atoms with Crippen LogP contribution in [0, 0.1) is 17.2 Å². The fraction of sp³-hybridized carbons (Fsp3) is 0.375. The van der Waals surface area contributed by atoms with Gasteiger partial charge in [0.05, 0.1) is 6.07 Å². The molecule has 0 radical (unpaired) electrons. The van der Waals surface area contributed by atoms with E-state index in [0.717, 1.165) is 24.8 Å². The van der Waals surface area contributed by atoms with Crippen LogP contribution in [-0.4, -0.2) is 20.5 Å². The highest BCUT2D eigenvalue weighted by molar-refractivity contribution is 5.90. The zero-order valence-corrected chi connectivity index (χ0v) is 11.9. The van der Waals surface area contributed by atoms with Gasteiger partial charge < -0.3 is 4.57 Å². The van der Waals surface area contributed by atoms with E-state index in [-0.39, 0.29) is 11.7 Å². The standard InChI is InChI=1S/C16H16N4O/c1-20-15(12-6-3-2-4-7-12)18-19-16(20)13(10-17)14(21)11-8-5-9-11/h2-4,6-7,11,13H,5,8-9H2,1H3/t13-/m0/s1. The second-order valence-corrected chi connectivity index (χ2v) is 5.40. The molecule has 0 aliphatic heterocycles. The predicted octanol–water partition coefficient (Wildman–Crippen LogP) is 2.46. The Morgan fingerprint density at radius 2 is 2.05 bits per heavy atom. The molecule has 1 aromatic carbocycles. The summed E-state index contributed by atoms with van der Waals surface area (Å²) in [5.74, 6) is 0.302. The van der Waals surface area contributed by atoms with Gasteiger partial charge in [0, 0.05) is 18.5 Å². The zero-order valence-electron chi connectivity index (χ0n) is 11.9. The van der Waals surface area contributed by atoms with Gasteiger partial charge in [-0.25, -0.2) is 0 Å². The van der Waals surface area contributed by atoms with Gasteiger partial charge in [-0.05, 0) is 12.8 Å². The fourth-order valence-electron chi connectivity index (χ4n) is 2.61. The molecule has 1 aromatic heterocycles. The molecule has 1 heterocycles. The number of nitrogens with zero attached hydrogens (tertiary/aromatic N) is 4. The van der Waals surface area contributed by atoms with Gasteiger partial charge in [-0.15, -0.1) is 10.2 Å². The summed E-state index contributed by atoms with van der Waals surface area (Å²) in [7, 11) is 1.80. The number of aromatic nitrogens is 3. The van der Waals surface area contributed by atoms with Crippen molar-refractivity contribution in [2.24, 2.45) is 13.0 Å². The molecule has 1 aliphatic rings. The summed E-state index contributed by atoms with van der Waals surface area (Å²) >= 11 is 0. The maximum atomic E-state index is 12.4. The molecule has 21 heavy (non-hydrogen) atoms. The van der Waals surface area contributed by atoms with E-state index in [1.807, 2.05) is 30.3 Å². The number of hydrogen-bond donors (Lipinski definition) is 0. The van der Waals surface area contributed by atoms with E-state index in [0.29, 0.717) is 11.6 Å². The highest BCUT2D eigenvalue weighted by Crippen LogP contribution is 2.32. The Kier molecular flexibility index (Phi) is 3.53. The molecule has 106 valence electrons. The van der Waals surface area contributed by atoms with Crippen molar-refractivity contribution in [3.63, 3.8) is 0 Å². The zero-order chi connectivity index (χ0) is 14.8. The van der Waals surface area contributed by atoms with Crippen molar-refractivity contribution in [1.29, 1.82) is 5.26 Å². The minimum Gasteiger partial charge on any atom is -0.313 e. The first-order valence-corrected chi connectivity index (χ1v) is 7.10.